The number of carbonyl (C=O) groups excluding carboxylic acids is 2. The van der Waals surface area contributed by atoms with E-state index < -0.39 is 18.5 Å². The van der Waals surface area contributed by atoms with Gasteiger partial charge in [0.2, 0.25) is 0 Å². The van der Waals surface area contributed by atoms with Gasteiger partial charge in [0, 0.05) is 17.1 Å². The number of benzene rings is 2. The van der Waals surface area contributed by atoms with Crippen LogP contribution < -0.4 is 10.1 Å². The van der Waals surface area contributed by atoms with Crippen LogP contribution in [-0.4, -0.2) is 40.4 Å². The zero-order chi connectivity index (χ0) is 23.4. The van der Waals surface area contributed by atoms with E-state index in [1.54, 1.807) is 35.1 Å². The van der Waals surface area contributed by atoms with Crippen LogP contribution in [0.15, 0.2) is 60.8 Å². The molecule has 8 nitrogen and oxygen atoms in total. The van der Waals surface area contributed by atoms with Crippen molar-refractivity contribution >= 4 is 40.2 Å². The molecule has 0 aliphatic heterocycles. The van der Waals surface area contributed by atoms with E-state index in [1.807, 2.05) is 37.3 Å². The summed E-state index contributed by atoms with van der Waals surface area (Å²) in [5.41, 5.74) is 2.69. The normalized spacial score (nSPS) is 10.8. The van der Waals surface area contributed by atoms with Crippen LogP contribution in [0.3, 0.4) is 0 Å². The van der Waals surface area contributed by atoms with Crippen molar-refractivity contribution in [1.82, 2.24) is 14.8 Å². The Hall–Kier alpha value is -3.91. The summed E-state index contributed by atoms with van der Waals surface area (Å²) in [5.74, 6) is -0.736. The molecule has 168 valence electrons. The first-order valence-corrected chi connectivity index (χ1v) is 10.6. The second-order valence-corrected chi connectivity index (χ2v) is 7.52. The number of hydrogen-bond donors (Lipinski definition) is 1. The molecule has 9 heteroatoms. The van der Waals surface area contributed by atoms with Gasteiger partial charge in [-0.1, -0.05) is 41.9 Å². The van der Waals surface area contributed by atoms with Crippen molar-refractivity contribution in [1.29, 1.82) is 0 Å². The number of rotatable bonds is 7. The van der Waals surface area contributed by atoms with Gasteiger partial charge in [0.05, 0.1) is 35.6 Å². The third kappa shape index (κ3) is 4.80. The monoisotopic (exact) mass is 464 g/mol. The Morgan fingerprint density at radius 1 is 1.12 bits per heavy atom. The van der Waals surface area contributed by atoms with Crippen molar-refractivity contribution < 1.29 is 19.1 Å². The van der Waals surface area contributed by atoms with Crippen molar-refractivity contribution in [2.24, 2.45) is 0 Å². The number of pyridine rings is 1. The summed E-state index contributed by atoms with van der Waals surface area (Å²) >= 11 is 5.99. The molecule has 0 aliphatic rings. The molecule has 0 saturated heterocycles. The van der Waals surface area contributed by atoms with Crippen LogP contribution >= 0.6 is 11.6 Å². The zero-order valence-electron chi connectivity index (χ0n) is 18.0. The van der Waals surface area contributed by atoms with E-state index in [1.165, 1.54) is 7.11 Å². The minimum atomic E-state index is -0.650. The van der Waals surface area contributed by atoms with Crippen molar-refractivity contribution in [2.75, 3.05) is 19.0 Å². The van der Waals surface area contributed by atoms with E-state index >= 15 is 0 Å². The fourth-order valence-corrected chi connectivity index (χ4v) is 3.55. The molecule has 1 amide bonds. The summed E-state index contributed by atoms with van der Waals surface area (Å²) < 4.78 is 12.2. The quantitative estimate of drug-likeness (QED) is 0.402. The lowest BCUT2D eigenvalue weighted by Crippen LogP contribution is -2.21. The number of nitrogens with one attached hydrogen (secondary N) is 1. The maximum atomic E-state index is 13.0. The summed E-state index contributed by atoms with van der Waals surface area (Å²) in [6.07, 6.45) is 1.58. The Morgan fingerprint density at radius 3 is 2.64 bits per heavy atom. The molecule has 2 aromatic carbocycles. The number of nitrogens with zero attached hydrogens (tertiary/aromatic N) is 3. The molecule has 0 fully saturated rings. The second-order valence-electron chi connectivity index (χ2n) is 7.09. The largest absolute Gasteiger partial charge is 0.495 e. The van der Waals surface area contributed by atoms with Crippen LogP contribution in [-0.2, 0) is 16.1 Å². The first-order chi connectivity index (χ1) is 16.0. The molecule has 0 radical (unpaired) electrons. The molecule has 0 bridgehead atoms. The minimum absolute atomic E-state index is 0.284. The highest BCUT2D eigenvalue weighted by molar-refractivity contribution is 6.31. The predicted octanol–water partition coefficient (Wildman–Crippen LogP) is 4.58. The minimum Gasteiger partial charge on any atom is -0.495 e. The second kappa shape index (κ2) is 9.70. The van der Waals surface area contributed by atoms with Crippen LogP contribution in [0, 0.1) is 0 Å². The maximum absolute atomic E-state index is 13.0. The van der Waals surface area contributed by atoms with E-state index in [9.17, 15) is 9.59 Å². The van der Waals surface area contributed by atoms with Gasteiger partial charge in [-0.05, 0) is 31.2 Å². The summed E-state index contributed by atoms with van der Waals surface area (Å²) in [7, 11) is 1.48. The fraction of sp³-hybridized carbons (Fsp3) is 0.167. The number of fused-ring (bicyclic) bond motifs is 1. The molecule has 0 atom stereocenters. The molecule has 0 saturated carbocycles. The number of ether oxygens (including phenoxy) is 2. The molecule has 2 heterocycles. The first-order valence-electron chi connectivity index (χ1n) is 10.2. The maximum Gasteiger partial charge on any atom is 0.339 e. The summed E-state index contributed by atoms with van der Waals surface area (Å²) in [6, 6.07) is 16.0. The van der Waals surface area contributed by atoms with Crippen LogP contribution in [0.1, 0.15) is 17.3 Å². The summed E-state index contributed by atoms with van der Waals surface area (Å²) in [6.45, 7) is 2.05. The van der Waals surface area contributed by atoms with Gasteiger partial charge in [-0.15, -0.1) is 0 Å². The number of amides is 1. The highest BCUT2D eigenvalue weighted by Gasteiger charge is 2.19. The SMILES string of the molecule is CCn1ncc2c(C(=O)OCC(=O)Nc3cc(Cl)ccc3OC)cc(-c3ccccc3)nc21. The number of esters is 1. The van der Waals surface area contributed by atoms with Gasteiger partial charge in [0.1, 0.15) is 5.75 Å². The summed E-state index contributed by atoms with van der Waals surface area (Å²) in [4.78, 5) is 30.1. The van der Waals surface area contributed by atoms with Gasteiger partial charge in [-0.25, -0.2) is 14.5 Å². The Labute approximate surface area is 195 Å². The number of methoxy groups -OCH3 is 1. The van der Waals surface area contributed by atoms with Gasteiger partial charge in [-0.3, -0.25) is 4.79 Å². The Morgan fingerprint density at radius 2 is 1.91 bits per heavy atom. The number of carbonyl (C=O) groups is 2. The van der Waals surface area contributed by atoms with Gasteiger partial charge in [0.15, 0.2) is 12.3 Å². The lowest BCUT2D eigenvalue weighted by molar-refractivity contribution is -0.119. The Bertz CT molecular complexity index is 1320. The zero-order valence-corrected chi connectivity index (χ0v) is 18.8. The lowest BCUT2D eigenvalue weighted by Gasteiger charge is -2.11. The highest BCUT2D eigenvalue weighted by Crippen LogP contribution is 2.28. The van der Waals surface area contributed by atoms with Crippen LogP contribution in [0.4, 0.5) is 5.69 Å². The molecule has 0 unspecified atom stereocenters. The third-order valence-electron chi connectivity index (χ3n) is 4.97. The lowest BCUT2D eigenvalue weighted by atomic mass is 10.1. The van der Waals surface area contributed by atoms with Gasteiger partial charge < -0.3 is 14.8 Å². The first kappa shape index (κ1) is 22.3. The standard InChI is InChI=1S/C24H21ClN4O4/c1-3-29-23-18(13-26-29)17(12-19(28-23)15-7-5-4-6-8-15)24(31)33-14-22(30)27-20-11-16(25)9-10-21(20)32-2/h4-13H,3,14H2,1-2H3,(H,27,30). The topological polar surface area (TPSA) is 95.3 Å². The number of anilines is 1. The van der Waals surface area contributed by atoms with Crippen molar-refractivity contribution in [2.45, 2.75) is 13.5 Å². The van der Waals surface area contributed by atoms with E-state index in [0.717, 1.165) is 5.56 Å². The van der Waals surface area contributed by atoms with Gasteiger partial charge in [-0.2, -0.15) is 5.10 Å². The third-order valence-corrected chi connectivity index (χ3v) is 5.20. The average Bonchev–Trinajstić information content (AvgIpc) is 3.26. The molecule has 1 N–H and O–H groups in total. The number of aryl methyl sites for hydroxylation is 1. The molecule has 4 rings (SSSR count). The van der Waals surface area contributed by atoms with E-state index in [4.69, 9.17) is 21.1 Å². The number of aromatic nitrogens is 3. The molecule has 4 aromatic rings. The van der Waals surface area contributed by atoms with E-state index in [-0.39, 0.29) is 5.56 Å². The molecular formula is C24H21ClN4O4. The van der Waals surface area contributed by atoms with E-state index in [2.05, 4.69) is 15.4 Å². The fourth-order valence-electron chi connectivity index (χ4n) is 3.38. The molecule has 0 aliphatic carbocycles. The predicted molar refractivity (Wildman–Crippen MR) is 126 cm³/mol. The van der Waals surface area contributed by atoms with Gasteiger partial charge >= 0.3 is 5.97 Å². The highest BCUT2D eigenvalue weighted by atomic mass is 35.5. The number of hydrogen-bond acceptors (Lipinski definition) is 6. The van der Waals surface area contributed by atoms with Crippen LogP contribution in [0.2, 0.25) is 5.02 Å². The number of halogens is 1. The smallest absolute Gasteiger partial charge is 0.339 e. The van der Waals surface area contributed by atoms with Crippen LogP contribution in [0.5, 0.6) is 5.75 Å². The van der Waals surface area contributed by atoms with Gasteiger partial charge in [0.25, 0.3) is 5.91 Å². The Balaban J connectivity index is 1.57. The summed E-state index contributed by atoms with van der Waals surface area (Å²) in [5, 5.41) is 7.94. The molecular weight excluding hydrogens is 444 g/mol. The van der Waals surface area contributed by atoms with Crippen LogP contribution in [0.25, 0.3) is 22.3 Å². The molecule has 0 spiro atoms. The molecule has 33 heavy (non-hydrogen) atoms. The van der Waals surface area contributed by atoms with Crippen molar-refractivity contribution in [3.05, 3.63) is 71.4 Å². The molecule has 2 aromatic heterocycles. The van der Waals surface area contributed by atoms with Crippen molar-refractivity contribution in [3.8, 4) is 17.0 Å². The van der Waals surface area contributed by atoms with E-state index in [0.29, 0.717) is 39.7 Å². The van der Waals surface area contributed by atoms with Crippen molar-refractivity contribution in [3.63, 3.8) is 0 Å². The Kier molecular flexibility index (Phi) is 6.55. The average molecular weight is 465 g/mol.